The van der Waals surface area contributed by atoms with E-state index in [-0.39, 0.29) is 12.3 Å². The average molecular weight is 412 g/mol. The summed E-state index contributed by atoms with van der Waals surface area (Å²) in [6, 6.07) is 6.12. The largest absolute Gasteiger partial charge is 0.491 e. The van der Waals surface area contributed by atoms with Crippen LogP contribution >= 0.6 is 0 Å². The Labute approximate surface area is 175 Å². The molecule has 2 aliphatic rings. The molecule has 0 N–H and O–H groups in total. The molecular formula is C22H28N4O4. The fraction of sp³-hybridized carbons (Fsp3) is 0.545. The molecule has 2 aliphatic heterocycles. The Balaban J connectivity index is 1.56. The van der Waals surface area contributed by atoms with Crippen molar-refractivity contribution in [2.24, 2.45) is 0 Å². The summed E-state index contributed by atoms with van der Waals surface area (Å²) in [5.41, 5.74) is 2.92. The molecule has 4 heterocycles. The van der Waals surface area contributed by atoms with Crippen LogP contribution in [0.1, 0.15) is 32.4 Å². The monoisotopic (exact) mass is 412 g/mol. The molecule has 8 heteroatoms. The topological polar surface area (TPSA) is 72.6 Å². The third kappa shape index (κ3) is 4.08. The van der Waals surface area contributed by atoms with Crippen molar-refractivity contribution in [2.75, 3.05) is 33.0 Å². The summed E-state index contributed by atoms with van der Waals surface area (Å²) >= 11 is 0. The van der Waals surface area contributed by atoms with Crippen LogP contribution in [0.25, 0.3) is 22.2 Å². The highest BCUT2D eigenvalue weighted by atomic mass is 16.5. The Bertz CT molecular complexity index is 992. The minimum atomic E-state index is -0.0345. The number of aromatic nitrogens is 4. The van der Waals surface area contributed by atoms with E-state index in [2.05, 4.69) is 17.2 Å². The standard InChI is InChI=1S/C22H28N4O4/c1-16-14-25-15-17(13-23-25)22-19-12-18(29-11-9-27-8-10-28-16)5-6-20(19)26(24-22)21-4-2-3-7-30-21/h5-6,12-13,15-16,21H,2-4,7-11,14H2,1H3/t16-,21?/m1/s1. The van der Waals surface area contributed by atoms with E-state index in [0.717, 1.165) is 53.8 Å². The molecule has 1 fully saturated rings. The first-order valence-electron chi connectivity index (χ1n) is 10.8. The van der Waals surface area contributed by atoms with Crippen molar-refractivity contribution < 1.29 is 18.9 Å². The quantitative estimate of drug-likeness (QED) is 0.610. The molecule has 1 saturated heterocycles. The third-order valence-electron chi connectivity index (χ3n) is 5.58. The lowest BCUT2D eigenvalue weighted by Crippen LogP contribution is -2.20. The number of fused-ring (bicyclic) bond motifs is 4. The SMILES string of the molecule is C[C@@H]1Cn2cc(cn2)-c2nn(C3CCCCO3)c3ccc(cc23)OCCOCCO1. The molecule has 1 aromatic carbocycles. The van der Waals surface area contributed by atoms with Crippen molar-refractivity contribution in [3.63, 3.8) is 0 Å². The number of hydrogen-bond donors (Lipinski definition) is 0. The second kappa shape index (κ2) is 8.75. The molecule has 3 aromatic rings. The molecule has 30 heavy (non-hydrogen) atoms. The smallest absolute Gasteiger partial charge is 0.150 e. The molecule has 0 saturated carbocycles. The zero-order chi connectivity index (χ0) is 20.3. The van der Waals surface area contributed by atoms with E-state index in [0.29, 0.717) is 33.0 Å². The molecule has 0 aliphatic carbocycles. The average Bonchev–Trinajstić information content (AvgIpc) is 3.37. The number of ether oxygens (including phenoxy) is 4. The molecule has 2 atom stereocenters. The summed E-state index contributed by atoms with van der Waals surface area (Å²) in [6.07, 6.45) is 7.14. The van der Waals surface area contributed by atoms with Crippen LogP contribution in [0.3, 0.4) is 0 Å². The van der Waals surface area contributed by atoms with Gasteiger partial charge < -0.3 is 18.9 Å². The first kappa shape index (κ1) is 19.5. The Hall–Kier alpha value is -2.42. The first-order chi connectivity index (χ1) is 14.8. The predicted molar refractivity (Wildman–Crippen MR) is 112 cm³/mol. The van der Waals surface area contributed by atoms with Crippen LogP contribution in [0.5, 0.6) is 5.75 Å². The molecule has 0 amide bonds. The van der Waals surface area contributed by atoms with E-state index < -0.39 is 0 Å². The molecular weight excluding hydrogens is 384 g/mol. The van der Waals surface area contributed by atoms with Crippen molar-refractivity contribution in [3.05, 3.63) is 30.6 Å². The van der Waals surface area contributed by atoms with Gasteiger partial charge in [-0.15, -0.1) is 0 Å². The van der Waals surface area contributed by atoms with Crippen LogP contribution in [0.4, 0.5) is 0 Å². The maximum Gasteiger partial charge on any atom is 0.150 e. The molecule has 1 unspecified atom stereocenters. The van der Waals surface area contributed by atoms with Crippen LogP contribution in [-0.2, 0) is 20.8 Å². The Morgan fingerprint density at radius 3 is 2.87 bits per heavy atom. The zero-order valence-electron chi connectivity index (χ0n) is 17.3. The van der Waals surface area contributed by atoms with E-state index in [1.165, 1.54) is 0 Å². The zero-order valence-corrected chi connectivity index (χ0v) is 17.3. The van der Waals surface area contributed by atoms with Crippen molar-refractivity contribution in [1.82, 2.24) is 19.6 Å². The molecule has 0 spiro atoms. The van der Waals surface area contributed by atoms with Gasteiger partial charge in [0, 0.05) is 23.8 Å². The lowest BCUT2D eigenvalue weighted by Gasteiger charge is -2.23. The Morgan fingerprint density at radius 1 is 1.03 bits per heavy atom. The first-order valence-corrected chi connectivity index (χ1v) is 10.8. The van der Waals surface area contributed by atoms with E-state index in [1.807, 2.05) is 34.7 Å². The van der Waals surface area contributed by atoms with Crippen LogP contribution in [0.15, 0.2) is 30.6 Å². The van der Waals surface area contributed by atoms with Gasteiger partial charge in [0.1, 0.15) is 18.1 Å². The molecule has 2 aromatic heterocycles. The van der Waals surface area contributed by atoms with Crippen molar-refractivity contribution >= 4 is 10.9 Å². The van der Waals surface area contributed by atoms with E-state index >= 15 is 0 Å². The highest BCUT2D eigenvalue weighted by molar-refractivity contribution is 5.94. The molecule has 4 bridgehead atoms. The van der Waals surface area contributed by atoms with Gasteiger partial charge in [-0.2, -0.15) is 10.2 Å². The van der Waals surface area contributed by atoms with Crippen LogP contribution in [0.2, 0.25) is 0 Å². The highest BCUT2D eigenvalue weighted by Gasteiger charge is 2.23. The fourth-order valence-corrected chi connectivity index (χ4v) is 4.09. The second-order valence-corrected chi connectivity index (χ2v) is 7.89. The second-order valence-electron chi connectivity index (χ2n) is 7.89. The van der Waals surface area contributed by atoms with Crippen LogP contribution < -0.4 is 4.74 Å². The van der Waals surface area contributed by atoms with Crippen LogP contribution in [0, 0.1) is 0 Å². The van der Waals surface area contributed by atoms with Crippen LogP contribution in [-0.4, -0.2) is 58.7 Å². The summed E-state index contributed by atoms with van der Waals surface area (Å²) in [4.78, 5) is 0. The van der Waals surface area contributed by atoms with Gasteiger partial charge in [0.05, 0.1) is 44.2 Å². The fourth-order valence-electron chi connectivity index (χ4n) is 4.09. The van der Waals surface area contributed by atoms with Gasteiger partial charge in [-0.05, 0) is 44.4 Å². The van der Waals surface area contributed by atoms with E-state index in [9.17, 15) is 0 Å². The number of nitrogens with zero attached hydrogens (tertiary/aromatic N) is 4. The van der Waals surface area contributed by atoms with Gasteiger partial charge in [0.15, 0.2) is 6.23 Å². The van der Waals surface area contributed by atoms with Gasteiger partial charge >= 0.3 is 0 Å². The lowest BCUT2D eigenvalue weighted by atomic mass is 10.1. The minimum absolute atomic E-state index is 0.0345. The third-order valence-corrected chi connectivity index (χ3v) is 5.58. The summed E-state index contributed by atoms with van der Waals surface area (Å²) in [5.74, 6) is 0.806. The molecule has 8 nitrogen and oxygen atoms in total. The highest BCUT2D eigenvalue weighted by Crippen LogP contribution is 2.34. The van der Waals surface area contributed by atoms with E-state index in [4.69, 9.17) is 24.0 Å². The summed E-state index contributed by atoms with van der Waals surface area (Å²) in [6.45, 7) is 5.63. The minimum Gasteiger partial charge on any atom is -0.491 e. The molecule has 5 rings (SSSR count). The van der Waals surface area contributed by atoms with Gasteiger partial charge in [-0.3, -0.25) is 4.68 Å². The van der Waals surface area contributed by atoms with E-state index in [1.54, 1.807) is 0 Å². The molecule has 0 radical (unpaired) electrons. The van der Waals surface area contributed by atoms with Crippen molar-refractivity contribution in [1.29, 1.82) is 0 Å². The maximum absolute atomic E-state index is 6.03. The number of hydrogen-bond acceptors (Lipinski definition) is 6. The number of benzene rings is 1. The van der Waals surface area contributed by atoms with Gasteiger partial charge in [0.2, 0.25) is 0 Å². The molecule has 160 valence electrons. The van der Waals surface area contributed by atoms with Gasteiger partial charge in [0.25, 0.3) is 0 Å². The van der Waals surface area contributed by atoms with Gasteiger partial charge in [-0.1, -0.05) is 0 Å². The van der Waals surface area contributed by atoms with Crippen molar-refractivity contribution in [3.8, 4) is 17.0 Å². The summed E-state index contributed by atoms with van der Waals surface area (Å²) in [7, 11) is 0. The summed E-state index contributed by atoms with van der Waals surface area (Å²) in [5, 5.41) is 10.5. The van der Waals surface area contributed by atoms with Crippen molar-refractivity contribution in [2.45, 2.75) is 45.1 Å². The maximum atomic E-state index is 6.03. The Kier molecular flexibility index (Phi) is 5.70. The lowest BCUT2D eigenvalue weighted by molar-refractivity contribution is -0.0365. The number of rotatable bonds is 1. The summed E-state index contributed by atoms with van der Waals surface area (Å²) < 4.78 is 27.3. The normalized spacial score (nSPS) is 23.5. The predicted octanol–water partition coefficient (Wildman–Crippen LogP) is 3.41. The van der Waals surface area contributed by atoms with Gasteiger partial charge in [-0.25, -0.2) is 4.68 Å². The Morgan fingerprint density at radius 2 is 1.97 bits per heavy atom.